The fourth-order valence-electron chi connectivity index (χ4n) is 3.30. The van der Waals surface area contributed by atoms with Crippen molar-refractivity contribution in [1.29, 1.82) is 0 Å². The van der Waals surface area contributed by atoms with Crippen LogP contribution >= 0.6 is 11.3 Å². The first-order valence-corrected chi connectivity index (χ1v) is 11.0. The lowest BCUT2D eigenvalue weighted by atomic mass is 10.1. The summed E-state index contributed by atoms with van der Waals surface area (Å²) < 4.78 is 0. The molecule has 0 spiro atoms. The number of thiophene rings is 1. The van der Waals surface area contributed by atoms with Gasteiger partial charge in [0.2, 0.25) is 5.91 Å². The number of benzene rings is 1. The minimum Gasteiger partial charge on any atom is -0.353 e. The highest BCUT2D eigenvalue weighted by molar-refractivity contribution is 7.12. The Morgan fingerprint density at radius 1 is 1.03 bits per heavy atom. The third-order valence-corrected chi connectivity index (χ3v) is 5.74. The molecule has 1 fully saturated rings. The van der Waals surface area contributed by atoms with Gasteiger partial charge in [-0.2, -0.15) is 0 Å². The third-order valence-electron chi connectivity index (χ3n) is 4.88. The number of hydrogen-bond donors (Lipinski definition) is 2. The highest BCUT2D eigenvalue weighted by Gasteiger charge is 2.23. The summed E-state index contributed by atoms with van der Waals surface area (Å²) in [5.41, 5.74) is 1.58. The molecular weight excluding hydrogens is 400 g/mol. The topological polar surface area (TPSA) is 81.8 Å². The van der Waals surface area contributed by atoms with Gasteiger partial charge in [-0.1, -0.05) is 18.2 Å². The fourth-order valence-corrected chi connectivity index (χ4v) is 3.94. The summed E-state index contributed by atoms with van der Waals surface area (Å²) >= 11 is 1.41. The molecule has 1 aliphatic heterocycles. The first kappa shape index (κ1) is 22.0. The second-order valence-electron chi connectivity index (χ2n) is 7.65. The number of carbonyl (C=O) groups excluding carboxylic acids is 3. The number of nitrogens with zero attached hydrogens (tertiary/aromatic N) is 2. The Kier molecular flexibility index (Phi) is 7.59. The summed E-state index contributed by atoms with van der Waals surface area (Å²) in [5, 5.41) is 7.65. The Hall–Kier alpha value is -2.71. The van der Waals surface area contributed by atoms with E-state index in [-0.39, 0.29) is 23.8 Å². The molecule has 0 atom stereocenters. The van der Waals surface area contributed by atoms with Crippen molar-refractivity contribution in [2.75, 3.05) is 32.7 Å². The minimum atomic E-state index is -0.0925. The van der Waals surface area contributed by atoms with Gasteiger partial charge in [0.05, 0.1) is 11.4 Å². The summed E-state index contributed by atoms with van der Waals surface area (Å²) in [4.78, 5) is 41.3. The first-order chi connectivity index (χ1) is 14.4. The number of nitrogens with one attached hydrogen (secondary N) is 2. The predicted octanol–water partition coefficient (Wildman–Crippen LogP) is 1.96. The van der Waals surface area contributed by atoms with Crippen LogP contribution in [-0.2, 0) is 11.3 Å². The number of piperazine rings is 1. The lowest BCUT2D eigenvalue weighted by molar-refractivity contribution is -0.123. The van der Waals surface area contributed by atoms with Gasteiger partial charge in [0.1, 0.15) is 0 Å². The molecule has 8 heteroatoms. The number of amides is 3. The van der Waals surface area contributed by atoms with E-state index < -0.39 is 0 Å². The van der Waals surface area contributed by atoms with E-state index in [1.54, 1.807) is 18.2 Å². The third kappa shape index (κ3) is 6.14. The Bertz CT molecular complexity index is 857. The molecule has 0 aliphatic carbocycles. The van der Waals surface area contributed by atoms with Crippen LogP contribution in [0.15, 0.2) is 41.8 Å². The molecule has 2 heterocycles. The van der Waals surface area contributed by atoms with Gasteiger partial charge in [0.15, 0.2) is 0 Å². The molecule has 1 saturated heterocycles. The Balaban J connectivity index is 1.45. The van der Waals surface area contributed by atoms with E-state index in [0.29, 0.717) is 49.7 Å². The Morgan fingerprint density at radius 3 is 2.33 bits per heavy atom. The van der Waals surface area contributed by atoms with Crippen molar-refractivity contribution >= 4 is 29.1 Å². The summed E-state index contributed by atoms with van der Waals surface area (Å²) in [6, 6.07) is 11.1. The van der Waals surface area contributed by atoms with E-state index in [0.717, 1.165) is 5.56 Å². The molecule has 7 nitrogen and oxygen atoms in total. The van der Waals surface area contributed by atoms with Gasteiger partial charge in [-0.05, 0) is 43.0 Å². The summed E-state index contributed by atoms with van der Waals surface area (Å²) in [5.74, 6) is -0.0768. The maximum Gasteiger partial charge on any atom is 0.261 e. The SMILES string of the molecule is CC(C)NC(=O)CN1CCN(C(=O)c2ccc(CNC(=O)c3cccs3)cc2)CC1. The second-order valence-corrected chi connectivity index (χ2v) is 8.60. The quantitative estimate of drug-likeness (QED) is 0.706. The predicted molar refractivity (Wildman–Crippen MR) is 118 cm³/mol. The van der Waals surface area contributed by atoms with Crippen LogP contribution in [0, 0.1) is 0 Å². The second kappa shape index (κ2) is 10.4. The van der Waals surface area contributed by atoms with Crippen LogP contribution in [0.1, 0.15) is 39.4 Å². The molecule has 1 aliphatic rings. The first-order valence-electron chi connectivity index (χ1n) is 10.1. The van der Waals surface area contributed by atoms with Crippen molar-refractivity contribution in [2.45, 2.75) is 26.4 Å². The zero-order chi connectivity index (χ0) is 21.5. The zero-order valence-corrected chi connectivity index (χ0v) is 18.2. The Labute approximate surface area is 181 Å². The maximum absolute atomic E-state index is 12.8. The fraction of sp³-hybridized carbons (Fsp3) is 0.409. The van der Waals surface area contributed by atoms with E-state index in [1.165, 1.54) is 11.3 Å². The van der Waals surface area contributed by atoms with Crippen LogP contribution in [0.3, 0.4) is 0 Å². The van der Waals surface area contributed by atoms with Crippen molar-refractivity contribution < 1.29 is 14.4 Å². The molecule has 2 aromatic rings. The van der Waals surface area contributed by atoms with Crippen LogP contribution in [0.5, 0.6) is 0 Å². The maximum atomic E-state index is 12.8. The van der Waals surface area contributed by atoms with E-state index >= 15 is 0 Å². The number of carbonyl (C=O) groups is 3. The lowest BCUT2D eigenvalue weighted by Crippen LogP contribution is -2.51. The minimum absolute atomic E-state index is 0.00421. The van der Waals surface area contributed by atoms with E-state index in [2.05, 4.69) is 15.5 Å². The van der Waals surface area contributed by atoms with Crippen molar-refractivity contribution in [3.63, 3.8) is 0 Å². The van der Waals surface area contributed by atoms with Crippen LogP contribution < -0.4 is 10.6 Å². The van der Waals surface area contributed by atoms with E-state index in [1.807, 2.05) is 42.3 Å². The van der Waals surface area contributed by atoms with Crippen molar-refractivity contribution in [3.05, 3.63) is 57.8 Å². The Morgan fingerprint density at radius 2 is 1.73 bits per heavy atom. The monoisotopic (exact) mass is 428 g/mol. The zero-order valence-electron chi connectivity index (χ0n) is 17.4. The van der Waals surface area contributed by atoms with Crippen molar-refractivity contribution in [3.8, 4) is 0 Å². The average Bonchev–Trinajstić information content (AvgIpc) is 3.27. The normalized spacial score (nSPS) is 14.6. The van der Waals surface area contributed by atoms with Gasteiger partial charge in [-0.15, -0.1) is 11.3 Å². The van der Waals surface area contributed by atoms with Gasteiger partial charge in [0.25, 0.3) is 11.8 Å². The highest BCUT2D eigenvalue weighted by atomic mass is 32.1. The summed E-state index contributed by atoms with van der Waals surface area (Å²) in [7, 11) is 0. The molecule has 160 valence electrons. The van der Waals surface area contributed by atoms with Crippen LogP contribution in [-0.4, -0.2) is 66.3 Å². The molecule has 0 unspecified atom stereocenters. The highest BCUT2D eigenvalue weighted by Crippen LogP contribution is 2.12. The number of hydrogen-bond acceptors (Lipinski definition) is 5. The molecule has 3 amide bonds. The molecule has 1 aromatic carbocycles. The van der Waals surface area contributed by atoms with Gasteiger partial charge in [-0.3, -0.25) is 19.3 Å². The lowest BCUT2D eigenvalue weighted by Gasteiger charge is -2.34. The number of rotatable bonds is 7. The molecule has 3 rings (SSSR count). The molecule has 2 N–H and O–H groups in total. The largest absolute Gasteiger partial charge is 0.353 e. The van der Waals surface area contributed by atoms with Gasteiger partial charge < -0.3 is 15.5 Å². The van der Waals surface area contributed by atoms with E-state index in [4.69, 9.17) is 0 Å². The van der Waals surface area contributed by atoms with Crippen molar-refractivity contribution in [1.82, 2.24) is 20.4 Å². The van der Waals surface area contributed by atoms with E-state index in [9.17, 15) is 14.4 Å². The van der Waals surface area contributed by atoms with Crippen LogP contribution in [0.2, 0.25) is 0 Å². The van der Waals surface area contributed by atoms with Gasteiger partial charge in [-0.25, -0.2) is 0 Å². The van der Waals surface area contributed by atoms with Gasteiger partial charge in [0, 0.05) is 44.3 Å². The summed E-state index contributed by atoms with van der Waals surface area (Å²) in [6.07, 6.45) is 0. The molecule has 30 heavy (non-hydrogen) atoms. The summed E-state index contributed by atoms with van der Waals surface area (Å²) in [6.45, 7) is 7.25. The molecule has 1 aromatic heterocycles. The average molecular weight is 429 g/mol. The molecule has 0 saturated carbocycles. The molecule has 0 bridgehead atoms. The molecular formula is C22H28N4O3S. The van der Waals surface area contributed by atoms with Crippen LogP contribution in [0.4, 0.5) is 0 Å². The smallest absolute Gasteiger partial charge is 0.261 e. The van der Waals surface area contributed by atoms with Crippen molar-refractivity contribution in [2.24, 2.45) is 0 Å². The van der Waals surface area contributed by atoms with Gasteiger partial charge >= 0.3 is 0 Å². The van der Waals surface area contributed by atoms with Crippen LogP contribution in [0.25, 0.3) is 0 Å². The molecule has 0 radical (unpaired) electrons. The standard InChI is InChI=1S/C22H28N4O3S/c1-16(2)24-20(27)15-25-9-11-26(12-10-25)22(29)18-7-5-17(6-8-18)14-23-21(28)19-4-3-13-30-19/h3-8,13,16H,9-12,14-15H2,1-2H3,(H,23,28)(H,24,27).